The zero-order valence-electron chi connectivity index (χ0n) is 10.4. The SMILES string of the molecule is Clc1nc2ccccc2c2nnc(-c3ccccc3)n12. The van der Waals surface area contributed by atoms with Crippen molar-refractivity contribution in [1.82, 2.24) is 19.6 Å². The van der Waals surface area contributed by atoms with Crippen LogP contribution in [0.25, 0.3) is 27.9 Å². The number of hydrogen-bond donors (Lipinski definition) is 0. The molecule has 4 nitrogen and oxygen atoms in total. The molecule has 4 rings (SSSR count). The lowest BCUT2D eigenvalue weighted by molar-refractivity contribution is 1.09. The second-order valence-electron chi connectivity index (χ2n) is 4.45. The minimum absolute atomic E-state index is 0.363. The number of fused-ring (bicyclic) bond motifs is 3. The Balaban J connectivity index is 2.13. The maximum Gasteiger partial charge on any atom is 0.210 e. The van der Waals surface area contributed by atoms with Gasteiger partial charge in [0.2, 0.25) is 5.28 Å². The van der Waals surface area contributed by atoms with Gasteiger partial charge >= 0.3 is 0 Å². The topological polar surface area (TPSA) is 43.1 Å². The molecule has 4 aromatic rings. The lowest BCUT2D eigenvalue weighted by Crippen LogP contribution is -1.95. The Morgan fingerprint density at radius 1 is 0.850 bits per heavy atom. The molecule has 0 fully saturated rings. The molecular formula is C15H9ClN4. The fourth-order valence-electron chi connectivity index (χ4n) is 2.32. The highest BCUT2D eigenvalue weighted by atomic mass is 35.5. The number of benzene rings is 2. The predicted molar refractivity (Wildman–Crippen MR) is 78.7 cm³/mol. The van der Waals surface area contributed by atoms with Crippen molar-refractivity contribution >= 4 is 28.2 Å². The van der Waals surface area contributed by atoms with Crippen molar-refractivity contribution in [2.24, 2.45) is 0 Å². The maximum atomic E-state index is 6.30. The molecule has 0 saturated heterocycles. The van der Waals surface area contributed by atoms with Crippen LogP contribution in [0.1, 0.15) is 0 Å². The Morgan fingerprint density at radius 2 is 1.60 bits per heavy atom. The van der Waals surface area contributed by atoms with Crippen molar-refractivity contribution in [3.63, 3.8) is 0 Å². The van der Waals surface area contributed by atoms with Crippen molar-refractivity contribution in [1.29, 1.82) is 0 Å². The van der Waals surface area contributed by atoms with Crippen LogP contribution in [0.15, 0.2) is 54.6 Å². The highest BCUT2D eigenvalue weighted by Crippen LogP contribution is 2.26. The highest BCUT2D eigenvalue weighted by molar-refractivity contribution is 6.29. The smallest absolute Gasteiger partial charge is 0.210 e. The van der Waals surface area contributed by atoms with Crippen LogP contribution in [0.3, 0.4) is 0 Å². The van der Waals surface area contributed by atoms with Crippen molar-refractivity contribution in [2.75, 3.05) is 0 Å². The zero-order chi connectivity index (χ0) is 13.5. The van der Waals surface area contributed by atoms with Crippen LogP contribution >= 0.6 is 11.6 Å². The van der Waals surface area contributed by atoms with Crippen LogP contribution in [-0.4, -0.2) is 19.6 Å². The van der Waals surface area contributed by atoms with Gasteiger partial charge in [0.15, 0.2) is 11.5 Å². The quantitative estimate of drug-likeness (QED) is 0.500. The summed E-state index contributed by atoms with van der Waals surface area (Å²) in [6.45, 7) is 0. The van der Waals surface area contributed by atoms with E-state index in [2.05, 4.69) is 15.2 Å². The Hall–Kier alpha value is -2.46. The number of aromatic nitrogens is 4. The molecule has 0 unspecified atom stereocenters. The Bertz CT molecular complexity index is 915. The van der Waals surface area contributed by atoms with Gasteiger partial charge in [-0.15, -0.1) is 10.2 Å². The molecule has 0 aliphatic carbocycles. The lowest BCUT2D eigenvalue weighted by atomic mass is 10.2. The number of nitrogens with zero attached hydrogens (tertiary/aromatic N) is 4. The van der Waals surface area contributed by atoms with Crippen molar-refractivity contribution in [2.45, 2.75) is 0 Å². The monoisotopic (exact) mass is 280 g/mol. The largest absolute Gasteiger partial charge is 0.248 e. The molecule has 0 atom stereocenters. The molecule has 0 radical (unpaired) electrons. The van der Waals surface area contributed by atoms with Crippen LogP contribution in [0, 0.1) is 0 Å². The van der Waals surface area contributed by atoms with E-state index in [9.17, 15) is 0 Å². The number of rotatable bonds is 1. The lowest BCUT2D eigenvalue weighted by Gasteiger charge is -2.04. The summed E-state index contributed by atoms with van der Waals surface area (Å²) in [6, 6.07) is 17.6. The van der Waals surface area contributed by atoms with Crippen LogP contribution in [0.2, 0.25) is 5.28 Å². The van der Waals surface area contributed by atoms with Crippen molar-refractivity contribution in [3.8, 4) is 11.4 Å². The summed E-state index contributed by atoms with van der Waals surface area (Å²) < 4.78 is 1.78. The average Bonchev–Trinajstić information content (AvgIpc) is 2.94. The zero-order valence-corrected chi connectivity index (χ0v) is 11.1. The summed E-state index contributed by atoms with van der Waals surface area (Å²) in [7, 11) is 0. The molecule has 0 spiro atoms. The van der Waals surface area contributed by atoms with Gasteiger partial charge in [-0.3, -0.25) is 0 Å². The summed E-state index contributed by atoms with van der Waals surface area (Å²) in [5.41, 5.74) is 2.50. The third-order valence-corrected chi connectivity index (χ3v) is 3.49. The molecule has 96 valence electrons. The minimum atomic E-state index is 0.363. The fraction of sp³-hybridized carbons (Fsp3) is 0. The van der Waals surface area contributed by atoms with E-state index in [4.69, 9.17) is 11.6 Å². The van der Waals surface area contributed by atoms with E-state index in [0.29, 0.717) is 11.1 Å². The molecule has 2 aromatic heterocycles. The van der Waals surface area contributed by atoms with E-state index in [0.717, 1.165) is 22.1 Å². The fourth-order valence-corrected chi connectivity index (χ4v) is 2.57. The molecule has 0 bridgehead atoms. The molecule has 0 aliphatic heterocycles. The van der Waals surface area contributed by atoms with Gasteiger partial charge < -0.3 is 0 Å². The summed E-state index contributed by atoms with van der Waals surface area (Å²) >= 11 is 6.30. The molecule has 5 heteroatoms. The first-order valence-corrected chi connectivity index (χ1v) is 6.57. The third kappa shape index (κ3) is 1.58. The molecular weight excluding hydrogens is 272 g/mol. The molecule has 2 aromatic carbocycles. The van der Waals surface area contributed by atoms with Crippen LogP contribution in [-0.2, 0) is 0 Å². The second-order valence-corrected chi connectivity index (χ2v) is 4.78. The first-order chi connectivity index (χ1) is 9.84. The van der Waals surface area contributed by atoms with Crippen molar-refractivity contribution in [3.05, 3.63) is 59.9 Å². The van der Waals surface area contributed by atoms with Gasteiger partial charge in [0.25, 0.3) is 0 Å². The van der Waals surface area contributed by atoms with E-state index in [1.165, 1.54) is 0 Å². The summed E-state index contributed by atoms with van der Waals surface area (Å²) in [4.78, 5) is 4.41. The first-order valence-electron chi connectivity index (χ1n) is 6.19. The molecule has 20 heavy (non-hydrogen) atoms. The number of halogens is 1. The third-order valence-electron chi connectivity index (χ3n) is 3.24. The molecule has 0 aliphatic rings. The number of para-hydroxylation sites is 1. The Labute approximate surface area is 119 Å². The molecule has 0 amide bonds. The van der Waals surface area contributed by atoms with Gasteiger partial charge in [-0.05, 0) is 23.7 Å². The van der Waals surface area contributed by atoms with Crippen LogP contribution < -0.4 is 0 Å². The molecule has 0 saturated carbocycles. The van der Waals surface area contributed by atoms with E-state index >= 15 is 0 Å². The van der Waals surface area contributed by atoms with Gasteiger partial charge in [-0.25, -0.2) is 9.38 Å². The standard InChI is InChI=1S/C15H9ClN4/c16-15-17-12-9-5-4-8-11(12)14-19-18-13(20(14)15)10-6-2-1-3-7-10/h1-9H. The molecule has 0 N–H and O–H groups in total. The van der Waals surface area contributed by atoms with Gasteiger partial charge in [0.1, 0.15) is 0 Å². The Morgan fingerprint density at radius 3 is 2.45 bits per heavy atom. The summed E-state index contributed by atoms with van der Waals surface area (Å²) in [5, 5.41) is 9.84. The average molecular weight is 281 g/mol. The number of hydrogen-bond acceptors (Lipinski definition) is 3. The van der Waals surface area contributed by atoms with Crippen LogP contribution in [0.5, 0.6) is 0 Å². The molecule has 2 heterocycles. The van der Waals surface area contributed by atoms with E-state index in [-0.39, 0.29) is 0 Å². The normalized spacial score (nSPS) is 11.2. The summed E-state index contributed by atoms with van der Waals surface area (Å²) in [5.74, 6) is 0.698. The van der Waals surface area contributed by atoms with E-state index in [1.54, 1.807) is 4.40 Å². The highest BCUT2D eigenvalue weighted by Gasteiger charge is 2.14. The summed E-state index contributed by atoms with van der Waals surface area (Å²) in [6.07, 6.45) is 0. The van der Waals surface area contributed by atoms with Gasteiger partial charge in [0, 0.05) is 10.9 Å². The minimum Gasteiger partial charge on any atom is -0.248 e. The van der Waals surface area contributed by atoms with Gasteiger partial charge in [0.05, 0.1) is 5.52 Å². The van der Waals surface area contributed by atoms with Gasteiger partial charge in [-0.1, -0.05) is 42.5 Å². The second kappa shape index (κ2) is 4.28. The van der Waals surface area contributed by atoms with Crippen molar-refractivity contribution < 1.29 is 0 Å². The van der Waals surface area contributed by atoms with Gasteiger partial charge in [-0.2, -0.15) is 0 Å². The Kier molecular flexibility index (Phi) is 2.44. The van der Waals surface area contributed by atoms with E-state index < -0.39 is 0 Å². The van der Waals surface area contributed by atoms with Crippen LogP contribution in [0.4, 0.5) is 0 Å². The predicted octanol–water partition coefficient (Wildman–Crippen LogP) is 3.60. The first kappa shape index (κ1) is 11.4. The van der Waals surface area contributed by atoms with E-state index in [1.807, 2.05) is 54.6 Å². The maximum absolute atomic E-state index is 6.30.